The summed E-state index contributed by atoms with van der Waals surface area (Å²) >= 11 is 6.55. The molecule has 102 valence electrons. The van der Waals surface area contributed by atoms with Gasteiger partial charge in [-0.1, -0.05) is 23.7 Å². The highest BCUT2D eigenvalue weighted by atomic mass is 35.5. The molecule has 0 aliphatic heterocycles. The highest BCUT2D eigenvalue weighted by Gasteiger charge is 2.52. The standard InChI is InChI=1S/C17H22ClN/c18-16-2-1-11(10-19)6-15(16)17-7-12-3-13(8-17)5-14(4-12)9-17/h1-2,6,12-14H,3-5,7-10,19H2. The molecule has 19 heavy (non-hydrogen) atoms. The Morgan fingerprint density at radius 3 is 2.16 bits per heavy atom. The number of hydrogen-bond acceptors (Lipinski definition) is 1. The van der Waals surface area contributed by atoms with E-state index in [1.807, 2.05) is 0 Å². The highest BCUT2D eigenvalue weighted by molar-refractivity contribution is 6.31. The monoisotopic (exact) mass is 275 g/mol. The van der Waals surface area contributed by atoms with Crippen LogP contribution in [0.25, 0.3) is 0 Å². The first-order valence-electron chi connectivity index (χ1n) is 7.67. The molecule has 2 heteroatoms. The largest absolute Gasteiger partial charge is 0.326 e. The van der Waals surface area contributed by atoms with Crippen LogP contribution in [-0.4, -0.2) is 0 Å². The van der Waals surface area contributed by atoms with Crippen molar-refractivity contribution in [2.75, 3.05) is 0 Å². The summed E-state index contributed by atoms with van der Waals surface area (Å²) in [5.41, 5.74) is 8.85. The predicted molar refractivity (Wildman–Crippen MR) is 79.2 cm³/mol. The number of benzene rings is 1. The van der Waals surface area contributed by atoms with E-state index in [1.54, 1.807) is 0 Å². The summed E-state index contributed by atoms with van der Waals surface area (Å²) in [6.07, 6.45) is 8.54. The fourth-order valence-electron chi connectivity index (χ4n) is 5.55. The molecule has 1 aromatic carbocycles. The minimum Gasteiger partial charge on any atom is -0.326 e. The third-order valence-corrected chi connectivity index (χ3v) is 6.21. The van der Waals surface area contributed by atoms with Gasteiger partial charge < -0.3 is 5.73 Å². The molecule has 1 aromatic rings. The molecule has 0 atom stereocenters. The van der Waals surface area contributed by atoms with E-state index in [1.165, 1.54) is 49.7 Å². The second-order valence-corrected chi connectivity index (χ2v) is 7.62. The number of rotatable bonds is 2. The number of nitrogens with two attached hydrogens (primary N) is 1. The molecular formula is C17H22ClN. The molecule has 0 amide bonds. The third-order valence-electron chi connectivity index (χ3n) is 5.88. The van der Waals surface area contributed by atoms with Gasteiger partial charge in [0.2, 0.25) is 0 Å². The molecule has 0 spiro atoms. The Morgan fingerprint density at radius 2 is 1.63 bits per heavy atom. The first-order chi connectivity index (χ1) is 9.18. The van der Waals surface area contributed by atoms with E-state index in [9.17, 15) is 0 Å². The van der Waals surface area contributed by atoms with Crippen LogP contribution in [0.2, 0.25) is 5.02 Å². The zero-order valence-electron chi connectivity index (χ0n) is 11.4. The molecule has 4 aliphatic carbocycles. The van der Waals surface area contributed by atoms with E-state index < -0.39 is 0 Å². The Labute approximate surface area is 120 Å². The lowest BCUT2D eigenvalue weighted by Crippen LogP contribution is -2.48. The van der Waals surface area contributed by atoms with Crippen molar-refractivity contribution in [3.63, 3.8) is 0 Å². The van der Waals surface area contributed by atoms with Crippen molar-refractivity contribution >= 4 is 11.6 Å². The first-order valence-corrected chi connectivity index (χ1v) is 8.05. The number of hydrogen-bond donors (Lipinski definition) is 1. The van der Waals surface area contributed by atoms with Crippen LogP contribution in [0.5, 0.6) is 0 Å². The summed E-state index contributed by atoms with van der Waals surface area (Å²) in [6, 6.07) is 6.44. The first kappa shape index (κ1) is 12.2. The molecule has 2 N–H and O–H groups in total. The maximum atomic E-state index is 6.55. The maximum Gasteiger partial charge on any atom is 0.0443 e. The normalized spacial score (nSPS) is 39.8. The lowest BCUT2D eigenvalue weighted by molar-refractivity contribution is -0.00516. The molecule has 0 aromatic heterocycles. The maximum absolute atomic E-state index is 6.55. The van der Waals surface area contributed by atoms with Crippen LogP contribution in [0.4, 0.5) is 0 Å². The molecule has 5 rings (SSSR count). The van der Waals surface area contributed by atoms with Crippen molar-refractivity contribution in [2.24, 2.45) is 23.5 Å². The Morgan fingerprint density at radius 1 is 1.05 bits per heavy atom. The molecule has 1 nitrogen and oxygen atoms in total. The molecule has 4 fully saturated rings. The molecule has 0 radical (unpaired) electrons. The van der Waals surface area contributed by atoms with Crippen molar-refractivity contribution in [2.45, 2.75) is 50.5 Å². The van der Waals surface area contributed by atoms with Crippen molar-refractivity contribution < 1.29 is 0 Å². The average molecular weight is 276 g/mol. The topological polar surface area (TPSA) is 26.0 Å². The summed E-state index contributed by atoms with van der Waals surface area (Å²) in [6.45, 7) is 0.622. The van der Waals surface area contributed by atoms with E-state index >= 15 is 0 Å². The van der Waals surface area contributed by atoms with E-state index in [0.29, 0.717) is 12.0 Å². The highest BCUT2D eigenvalue weighted by Crippen LogP contribution is 2.61. The third kappa shape index (κ3) is 1.86. The van der Waals surface area contributed by atoms with Crippen LogP contribution in [0.15, 0.2) is 18.2 Å². The minimum atomic E-state index is 0.386. The van der Waals surface area contributed by atoms with E-state index in [2.05, 4.69) is 18.2 Å². The minimum absolute atomic E-state index is 0.386. The molecule has 4 aliphatic rings. The van der Waals surface area contributed by atoms with E-state index in [4.69, 9.17) is 17.3 Å². The Hall–Kier alpha value is -0.530. The van der Waals surface area contributed by atoms with Gasteiger partial charge in [-0.15, -0.1) is 0 Å². The summed E-state index contributed by atoms with van der Waals surface area (Å²) in [5.74, 6) is 2.89. The van der Waals surface area contributed by atoms with E-state index in [0.717, 1.165) is 22.8 Å². The van der Waals surface area contributed by atoms with Gasteiger partial charge in [0.05, 0.1) is 0 Å². The van der Waals surface area contributed by atoms with Gasteiger partial charge in [-0.25, -0.2) is 0 Å². The van der Waals surface area contributed by atoms with Gasteiger partial charge >= 0.3 is 0 Å². The lowest BCUT2D eigenvalue weighted by Gasteiger charge is -2.57. The second kappa shape index (κ2) is 4.23. The van der Waals surface area contributed by atoms with Gasteiger partial charge in [0, 0.05) is 11.6 Å². The number of halogens is 1. The van der Waals surface area contributed by atoms with Crippen molar-refractivity contribution in [1.82, 2.24) is 0 Å². The quantitative estimate of drug-likeness (QED) is 0.857. The molecular weight excluding hydrogens is 254 g/mol. The average Bonchev–Trinajstić information content (AvgIpc) is 2.37. The predicted octanol–water partition coefficient (Wildman–Crippen LogP) is 4.27. The SMILES string of the molecule is NCc1ccc(Cl)c(C23CC4CC(CC(C4)C2)C3)c1. The summed E-state index contributed by atoms with van der Waals surface area (Å²) < 4.78 is 0. The summed E-state index contributed by atoms with van der Waals surface area (Å²) in [5, 5.41) is 0.971. The van der Waals surface area contributed by atoms with Gasteiger partial charge in [0.15, 0.2) is 0 Å². The van der Waals surface area contributed by atoms with Crippen LogP contribution < -0.4 is 5.73 Å². The molecule has 4 saturated carbocycles. The van der Waals surface area contributed by atoms with Gasteiger partial charge in [-0.05, 0) is 78.9 Å². The van der Waals surface area contributed by atoms with Gasteiger partial charge in [0.25, 0.3) is 0 Å². The van der Waals surface area contributed by atoms with Crippen LogP contribution in [0.1, 0.15) is 49.7 Å². The molecule has 4 bridgehead atoms. The zero-order chi connectivity index (χ0) is 13.0. The van der Waals surface area contributed by atoms with Gasteiger partial charge in [-0.2, -0.15) is 0 Å². The molecule has 0 unspecified atom stereocenters. The van der Waals surface area contributed by atoms with Crippen LogP contribution in [-0.2, 0) is 12.0 Å². The molecule has 0 heterocycles. The second-order valence-electron chi connectivity index (χ2n) is 7.22. The van der Waals surface area contributed by atoms with Gasteiger partial charge in [-0.3, -0.25) is 0 Å². The smallest absolute Gasteiger partial charge is 0.0443 e. The zero-order valence-corrected chi connectivity index (χ0v) is 12.1. The van der Waals surface area contributed by atoms with Crippen molar-refractivity contribution in [3.05, 3.63) is 34.3 Å². The lowest BCUT2D eigenvalue weighted by atomic mass is 9.48. The van der Waals surface area contributed by atoms with Gasteiger partial charge in [0.1, 0.15) is 0 Å². The van der Waals surface area contributed by atoms with Crippen LogP contribution >= 0.6 is 11.6 Å². The summed E-state index contributed by atoms with van der Waals surface area (Å²) in [7, 11) is 0. The van der Waals surface area contributed by atoms with Crippen molar-refractivity contribution in [3.8, 4) is 0 Å². The van der Waals surface area contributed by atoms with Crippen LogP contribution in [0.3, 0.4) is 0 Å². The van der Waals surface area contributed by atoms with E-state index in [-0.39, 0.29) is 0 Å². The fraction of sp³-hybridized carbons (Fsp3) is 0.647. The summed E-state index contributed by atoms with van der Waals surface area (Å²) in [4.78, 5) is 0. The fourth-order valence-corrected chi connectivity index (χ4v) is 5.86. The Balaban J connectivity index is 1.79. The molecule has 0 saturated heterocycles. The Bertz CT molecular complexity index is 473. The van der Waals surface area contributed by atoms with Crippen molar-refractivity contribution in [1.29, 1.82) is 0 Å². The Kier molecular flexibility index (Phi) is 2.72. The van der Waals surface area contributed by atoms with Crippen LogP contribution in [0, 0.1) is 17.8 Å².